The van der Waals surface area contributed by atoms with Crippen molar-refractivity contribution in [2.75, 3.05) is 13.2 Å². The maximum atomic E-state index is 10.3. The normalized spacial score (nSPS) is 16.1. The third kappa shape index (κ3) is 41.9. The summed E-state index contributed by atoms with van der Waals surface area (Å²) in [6.07, 6.45) is 25.0. The molecule has 1 saturated carbocycles. The molecule has 35 heavy (non-hydrogen) atoms. The van der Waals surface area contributed by atoms with Gasteiger partial charge in [0.15, 0.2) is 0 Å². The van der Waals surface area contributed by atoms with E-state index in [0.29, 0.717) is 6.42 Å². The van der Waals surface area contributed by atoms with Crippen LogP contribution < -0.4 is 36.3 Å². The third-order valence-corrected chi connectivity index (χ3v) is 5.97. The number of carboxylic acid groups (broad SMARTS) is 1. The Bertz CT molecular complexity index is 375. The molecule has 0 amide bonds. The van der Waals surface area contributed by atoms with Crippen molar-refractivity contribution in [1.82, 2.24) is 0 Å². The Kier molecular flexibility index (Phi) is 50.8. The number of aliphatic hydroxyl groups excluding tert-OH is 2. The first kappa shape index (κ1) is 45.5. The molecule has 0 saturated heterocycles. The fraction of sp³-hybridized carbons (Fsp3) is 0.962. The summed E-state index contributed by atoms with van der Waals surface area (Å²) < 4.78 is 0. The maximum absolute atomic E-state index is 10.3. The van der Waals surface area contributed by atoms with Gasteiger partial charge in [0.25, 0.3) is 0 Å². The van der Waals surface area contributed by atoms with Crippen molar-refractivity contribution in [3.63, 3.8) is 0 Å². The average Bonchev–Trinajstić information content (AvgIpc) is 2.79. The van der Waals surface area contributed by atoms with Crippen LogP contribution in [0, 0.1) is 0 Å². The predicted molar refractivity (Wildman–Crippen MR) is 136 cm³/mol. The quantitative estimate of drug-likeness (QED) is 0.129. The fourth-order valence-electron chi connectivity index (χ4n) is 3.84. The molecule has 9 heteroatoms. The molecule has 0 aromatic rings. The standard InChI is InChI=1S/C18H36O2.C6H14N2.C2H6O2.2ClH.Pt/c1-2-3-4-5-6-7-8-9-10-11-12-13-14-15-16-17-18(19)20;7-5-3-1-2-4-6(5)8;3-1-2-4;;;/h2-17H2,1H3,(H,19,20);5-6H,1-4,7-8H2;3-4H,1-2H2;2*1H;/q;;;;;+4/p-2/t;5-,6-;;;;/m.1..../s1. The van der Waals surface area contributed by atoms with Gasteiger partial charge in [0.1, 0.15) is 0 Å². The van der Waals surface area contributed by atoms with Crippen molar-refractivity contribution in [3.05, 3.63) is 0 Å². The number of unbranched alkanes of at least 4 members (excludes halogenated alkanes) is 14. The molecule has 0 spiro atoms. The van der Waals surface area contributed by atoms with Crippen molar-refractivity contribution < 1.29 is 66.0 Å². The summed E-state index contributed by atoms with van der Waals surface area (Å²) in [7, 11) is 0. The second-order valence-corrected chi connectivity index (χ2v) is 9.15. The molecule has 0 aliphatic heterocycles. The minimum atomic E-state index is -0.653. The molecule has 0 aromatic heterocycles. The molecule has 0 unspecified atom stereocenters. The van der Waals surface area contributed by atoms with E-state index in [-0.39, 0.29) is 71.2 Å². The molecular weight excluding hydrogens is 670 g/mol. The van der Waals surface area contributed by atoms with E-state index in [9.17, 15) is 4.79 Å². The number of aliphatic carboxylic acids is 1. The molecule has 0 heterocycles. The first-order valence-electron chi connectivity index (χ1n) is 13.4. The number of nitrogens with two attached hydrogens (primary N) is 2. The molecule has 1 aliphatic rings. The predicted octanol–water partition coefficient (Wildman–Crippen LogP) is -0.476. The zero-order valence-corrected chi connectivity index (χ0v) is 26.0. The number of aliphatic hydroxyl groups is 2. The van der Waals surface area contributed by atoms with Crippen LogP contribution in [0.2, 0.25) is 0 Å². The van der Waals surface area contributed by atoms with Crippen molar-refractivity contribution >= 4 is 5.97 Å². The second kappa shape index (κ2) is 39.1. The van der Waals surface area contributed by atoms with Crippen LogP contribution in [0.3, 0.4) is 0 Å². The first-order valence-corrected chi connectivity index (χ1v) is 13.4. The van der Waals surface area contributed by atoms with Gasteiger partial charge in [0, 0.05) is 18.5 Å². The van der Waals surface area contributed by atoms with Gasteiger partial charge in [-0.05, 0) is 19.3 Å². The minimum Gasteiger partial charge on any atom is -1.00 e. The van der Waals surface area contributed by atoms with Gasteiger partial charge >= 0.3 is 27.0 Å². The monoisotopic (exact) mass is 725 g/mol. The Balaban J connectivity index is -0.000000166. The summed E-state index contributed by atoms with van der Waals surface area (Å²) in [5.74, 6) is -0.653. The zero-order chi connectivity index (χ0) is 24.3. The molecular formula is C26H56Cl2N2O4Pt+2. The fourth-order valence-corrected chi connectivity index (χ4v) is 3.84. The van der Waals surface area contributed by atoms with Gasteiger partial charge in [-0.1, -0.05) is 110 Å². The van der Waals surface area contributed by atoms with E-state index in [4.69, 9.17) is 26.8 Å². The molecule has 0 bridgehead atoms. The van der Waals surface area contributed by atoms with Crippen molar-refractivity contribution in [2.45, 2.75) is 147 Å². The first-order chi connectivity index (χ1) is 15.5. The number of carboxylic acids is 1. The van der Waals surface area contributed by atoms with Crippen LogP contribution >= 0.6 is 0 Å². The van der Waals surface area contributed by atoms with E-state index in [1.54, 1.807) is 0 Å². The summed E-state index contributed by atoms with van der Waals surface area (Å²) in [6, 6.07) is 0.562. The zero-order valence-electron chi connectivity index (χ0n) is 22.2. The van der Waals surface area contributed by atoms with Crippen LogP contribution in [0.1, 0.15) is 135 Å². The molecule has 1 rings (SSSR count). The van der Waals surface area contributed by atoms with Crippen molar-refractivity contribution in [1.29, 1.82) is 0 Å². The summed E-state index contributed by atoms with van der Waals surface area (Å²) in [6.45, 7) is 2.02. The van der Waals surface area contributed by atoms with E-state index >= 15 is 0 Å². The van der Waals surface area contributed by atoms with Crippen LogP contribution in [-0.4, -0.2) is 46.6 Å². The van der Waals surface area contributed by atoms with E-state index < -0.39 is 5.97 Å². The van der Waals surface area contributed by atoms with Gasteiger partial charge in [0.05, 0.1) is 13.2 Å². The van der Waals surface area contributed by atoms with Gasteiger partial charge in [-0.15, -0.1) is 0 Å². The number of halogens is 2. The third-order valence-electron chi connectivity index (χ3n) is 5.97. The number of carbonyl (C=O) groups is 1. The summed E-state index contributed by atoms with van der Waals surface area (Å²) in [4.78, 5) is 10.3. The summed E-state index contributed by atoms with van der Waals surface area (Å²) in [5, 5.41) is 23.8. The van der Waals surface area contributed by atoms with Crippen molar-refractivity contribution in [3.8, 4) is 0 Å². The molecule has 6 nitrogen and oxygen atoms in total. The molecule has 0 radical (unpaired) electrons. The van der Waals surface area contributed by atoms with E-state index in [1.807, 2.05) is 0 Å². The Labute approximate surface area is 243 Å². The molecule has 2 atom stereocenters. The Hall–Kier alpha value is 0.578. The Morgan fingerprint density at radius 2 is 0.943 bits per heavy atom. The molecule has 216 valence electrons. The SMILES string of the molecule is CCCCCCCCCCCCCCCCCC(=O)O.N[C@@H]1CCCC[C@H]1N.OCCO.[Cl-].[Cl-].[Pt+4]. The molecule has 1 fully saturated rings. The maximum Gasteiger partial charge on any atom is 4.00 e. The second-order valence-electron chi connectivity index (χ2n) is 9.15. The van der Waals surface area contributed by atoms with Crippen LogP contribution in [0.15, 0.2) is 0 Å². The minimum absolute atomic E-state index is 0. The van der Waals surface area contributed by atoms with Gasteiger partial charge in [-0.25, -0.2) is 0 Å². The topological polar surface area (TPSA) is 130 Å². The van der Waals surface area contributed by atoms with Gasteiger partial charge in [0.2, 0.25) is 0 Å². The van der Waals surface area contributed by atoms with Gasteiger partial charge in [-0.2, -0.15) is 0 Å². The molecule has 1 aliphatic carbocycles. The number of hydrogen-bond donors (Lipinski definition) is 5. The Morgan fingerprint density at radius 3 is 1.17 bits per heavy atom. The van der Waals surface area contributed by atoms with Crippen molar-refractivity contribution in [2.24, 2.45) is 11.5 Å². The van der Waals surface area contributed by atoms with Gasteiger partial charge < -0.3 is 51.6 Å². The Morgan fingerprint density at radius 1 is 0.657 bits per heavy atom. The van der Waals surface area contributed by atoms with E-state index in [0.717, 1.165) is 25.7 Å². The van der Waals surface area contributed by atoms with Crippen LogP contribution in [0.25, 0.3) is 0 Å². The van der Waals surface area contributed by atoms with Crippen LogP contribution in [-0.2, 0) is 25.9 Å². The van der Waals surface area contributed by atoms with Crippen LogP contribution in [0.4, 0.5) is 0 Å². The van der Waals surface area contributed by atoms with E-state index in [1.165, 1.54) is 96.3 Å². The summed E-state index contributed by atoms with van der Waals surface area (Å²) in [5.41, 5.74) is 11.3. The van der Waals surface area contributed by atoms with Gasteiger partial charge in [-0.3, -0.25) is 4.79 Å². The largest absolute Gasteiger partial charge is 4.00 e. The molecule has 7 N–H and O–H groups in total. The number of rotatable bonds is 17. The average molecular weight is 727 g/mol. The van der Waals surface area contributed by atoms with E-state index in [2.05, 4.69) is 6.92 Å². The molecule has 0 aromatic carbocycles. The van der Waals surface area contributed by atoms with Crippen LogP contribution in [0.5, 0.6) is 0 Å². The smallest absolute Gasteiger partial charge is 1.00 e. The summed E-state index contributed by atoms with van der Waals surface area (Å²) >= 11 is 0. The number of hydrogen-bond acceptors (Lipinski definition) is 5.